The molecule has 0 aromatic heterocycles. The average molecular weight is 224 g/mol. The molecule has 2 heteroatoms. The van der Waals surface area contributed by atoms with Gasteiger partial charge in [-0.2, -0.15) is 0 Å². The van der Waals surface area contributed by atoms with Crippen LogP contribution >= 0.6 is 22.6 Å². The molecule has 0 saturated carbocycles. The SMILES string of the molecule is FC1(I)C=CC=CC1. The monoisotopic (exact) mass is 224 g/mol. The van der Waals surface area contributed by atoms with Crippen LogP contribution in [0.15, 0.2) is 24.3 Å². The first-order chi connectivity index (χ1) is 3.71. The minimum Gasteiger partial charge on any atom is -0.227 e. The highest BCUT2D eigenvalue weighted by Gasteiger charge is 2.20. The van der Waals surface area contributed by atoms with Crippen molar-refractivity contribution in [2.24, 2.45) is 0 Å². The number of hydrogen-bond donors (Lipinski definition) is 0. The van der Waals surface area contributed by atoms with Crippen LogP contribution in [0.3, 0.4) is 0 Å². The van der Waals surface area contributed by atoms with Crippen molar-refractivity contribution in [3.63, 3.8) is 0 Å². The van der Waals surface area contributed by atoms with Crippen molar-refractivity contribution in [1.82, 2.24) is 0 Å². The zero-order valence-corrected chi connectivity index (χ0v) is 6.43. The van der Waals surface area contributed by atoms with Gasteiger partial charge in [-0.25, -0.2) is 4.39 Å². The summed E-state index contributed by atoms with van der Waals surface area (Å²) in [6.07, 6.45) is 7.48. The van der Waals surface area contributed by atoms with E-state index in [4.69, 9.17) is 0 Å². The first-order valence-electron chi connectivity index (χ1n) is 2.43. The van der Waals surface area contributed by atoms with E-state index in [0.717, 1.165) is 0 Å². The minimum absolute atomic E-state index is 0.504. The van der Waals surface area contributed by atoms with E-state index in [2.05, 4.69) is 0 Å². The molecule has 0 nitrogen and oxygen atoms in total. The van der Waals surface area contributed by atoms with Gasteiger partial charge in [-0.1, -0.05) is 18.2 Å². The van der Waals surface area contributed by atoms with Crippen LogP contribution in [0.4, 0.5) is 4.39 Å². The van der Waals surface area contributed by atoms with Crippen molar-refractivity contribution >= 4 is 22.6 Å². The van der Waals surface area contributed by atoms with Gasteiger partial charge in [-0.05, 0) is 28.7 Å². The summed E-state index contributed by atoms with van der Waals surface area (Å²) in [6, 6.07) is 0. The highest BCUT2D eigenvalue weighted by molar-refractivity contribution is 14.1. The third kappa shape index (κ3) is 1.58. The van der Waals surface area contributed by atoms with Crippen LogP contribution < -0.4 is 0 Å². The van der Waals surface area contributed by atoms with Crippen molar-refractivity contribution in [3.05, 3.63) is 24.3 Å². The second-order valence-electron chi connectivity index (χ2n) is 1.75. The lowest BCUT2D eigenvalue weighted by Crippen LogP contribution is -2.08. The number of halogens is 2. The van der Waals surface area contributed by atoms with Gasteiger partial charge >= 0.3 is 0 Å². The van der Waals surface area contributed by atoms with Gasteiger partial charge in [0.1, 0.15) is 0 Å². The van der Waals surface area contributed by atoms with Gasteiger partial charge in [-0.15, -0.1) is 0 Å². The number of rotatable bonds is 0. The van der Waals surface area contributed by atoms with Crippen LogP contribution in [0, 0.1) is 0 Å². The van der Waals surface area contributed by atoms with E-state index in [1.807, 2.05) is 12.2 Å². The Morgan fingerprint density at radius 3 is 2.50 bits per heavy atom. The molecule has 8 heavy (non-hydrogen) atoms. The fraction of sp³-hybridized carbons (Fsp3) is 0.333. The Bertz CT molecular complexity index is 135. The van der Waals surface area contributed by atoms with Gasteiger partial charge in [0.05, 0.1) is 0 Å². The Hall–Kier alpha value is 0.140. The maximum Gasteiger partial charge on any atom is 0.183 e. The van der Waals surface area contributed by atoms with Crippen molar-refractivity contribution < 1.29 is 4.39 Å². The summed E-state index contributed by atoms with van der Waals surface area (Å²) < 4.78 is 11.6. The standard InChI is InChI=1S/C6H6FI/c7-6(8)4-2-1-3-5-6/h1-4H,5H2. The highest BCUT2D eigenvalue weighted by Crippen LogP contribution is 2.29. The number of hydrogen-bond acceptors (Lipinski definition) is 0. The lowest BCUT2D eigenvalue weighted by Gasteiger charge is -2.12. The average Bonchev–Trinajstić information content (AvgIpc) is 1.65. The molecule has 1 rings (SSSR count). The lowest BCUT2D eigenvalue weighted by molar-refractivity contribution is 0.380. The Kier molecular flexibility index (Phi) is 1.70. The van der Waals surface area contributed by atoms with Gasteiger partial charge in [0.15, 0.2) is 3.68 Å². The molecule has 1 unspecified atom stereocenters. The van der Waals surface area contributed by atoms with E-state index in [1.54, 1.807) is 34.7 Å². The Labute approximate surface area is 61.6 Å². The van der Waals surface area contributed by atoms with Crippen LogP contribution in [0.1, 0.15) is 6.42 Å². The molecule has 0 fully saturated rings. The molecule has 0 amide bonds. The molecule has 0 heterocycles. The van der Waals surface area contributed by atoms with E-state index in [0.29, 0.717) is 6.42 Å². The molecule has 0 aromatic carbocycles. The molecular formula is C6H6FI. The van der Waals surface area contributed by atoms with Crippen LogP contribution in [0.5, 0.6) is 0 Å². The van der Waals surface area contributed by atoms with Gasteiger partial charge < -0.3 is 0 Å². The molecule has 0 N–H and O–H groups in total. The second kappa shape index (κ2) is 2.17. The van der Waals surface area contributed by atoms with Crippen LogP contribution in [-0.2, 0) is 0 Å². The molecule has 0 spiro atoms. The minimum atomic E-state index is -1.12. The van der Waals surface area contributed by atoms with Gasteiger partial charge in [-0.3, -0.25) is 0 Å². The van der Waals surface area contributed by atoms with E-state index < -0.39 is 3.68 Å². The van der Waals surface area contributed by atoms with E-state index in [9.17, 15) is 4.39 Å². The summed E-state index contributed by atoms with van der Waals surface area (Å²) in [6.45, 7) is 0. The molecule has 0 aliphatic heterocycles. The summed E-state index contributed by atoms with van der Waals surface area (Å²) in [5, 5.41) is 0. The maximum atomic E-state index is 12.7. The Balaban J connectivity index is 2.65. The Morgan fingerprint density at radius 1 is 1.50 bits per heavy atom. The maximum absolute atomic E-state index is 12.7. The van der Waals surface area contributed by atoms with Gasteiger partial charge in [0.25, 0.3) is 0 Å². The fourth-order valence-electron chi connectivity index (χ4n) is 0.568. The predicted octanol–water partition coefficient (Wildman–Crippen LogP) is 2.60. The number of alkyl halides is 2. The molecule has 1 aliphatic carbocycles. The predicted molar refractivity (Wildman–Crippen MR) is 40.8 cm³/mol. The van der Waals surface area contributed by atoms with Crippen LogP contribution in [-0.4, -0.2) is 3.68 Å². The molecule has 0 bridgehead atoms. The van der Waals surface area contributed by atoms with E-state index >= 15 is 0 Å². The van der Waals surface area contributed by atoms with E-state index in [1.165, 1.54) is 0 Å². The van der Waals surface area contributed by atoms with Crippen molar-refractivity contribution in [3.8, 4) is 0 Å². The van der Waals surface area contributed by atoms with Crippen molar-refractivity contribution in [2.75, 3.05) is 0 Å². The first-order valence-corrected chi connectivity index (χ1v) is 3.51. The quantitative estimate of drug-likeness (QED) is 0.438. The topological polar surface area (TPSA) is 0 Å². The molecule has 1 aliphatic rings. The fourth-order valence-corrected chi connectivity index (χ4v) is 1.03. The summed E-state index contributed by atoms with van der Waals surface area (Å²) in [5.41, 5.74) is 0. The van der Waals surface area contributed by atoms with Gasteiger partial charge in [0, 0.05) is 6.42 Å². The Morgan fingerprint density at radius 2 is 2.25 bits per heavy atom. The number of allylic oxidation sites excluding steroid dienone is 4. The highest BCUT2D eigenvalue weighted by atomic mass is 127. The molecule has 0 aromatic rings. The normalized spacial score (nSPS) is 35.8. The van der Waals surface area contributed by atoms with Crippen molar-refractivity contribution in [2.45, 2.75) is 10.1 Å². The summed E-state index contributed by atoms with van der Waals surface area (Å²) in [5.74, 6) is 0. The zero-order chi connectivity index (χ0) is 6.04. The third-order valence-electron chi connectivity index (χ3n) is 0.977. The summed E-state index contributed by atoms with van der Waals surface area (Å²) in [7, 11) is 0. The second-order valence-corrected chi connectivity index (χ2v) is 3.55. The zero-order valence-electron chi connectivity index (χ0n) is 4.27. The van der Waals surface area contributed by atoms with Crippen LogP contribution in [0.25, 0.3) is 0 Å². The van der Waals surface area contributed by atoms with Gasteiger partial charge in [0.2, 0.25) is 0 Å². The smallest absolute Gasteiger partial charge is 0.183 e. The molecular weight excluding hydrogens is 218 g/mol. The van der Waals surface area contributed by atoms with Crippen LogP contribution in [0.2, 0.25) is 0 Å². The van der Waals surface area contributed by atoms with Crippen molar-refractivity contribution in [1.29, 1.82) is 0 Å². The molecule has 44 valence electrons. The molecule has 0 saturated heterocycles. The first kappa shape index (κ1) is 6.26. The van der Waals surface area contributed by atoms with E-state index in [-0.39, 0.29) is 0 Å². The summed E-state index contributed by atoms with van der Waals surface area (Å²) in [4.78, 5) is 0. The lowest BCUT2D eigenvalue weighted by atomic mass is 10.2. The molecule has 1 atom stereocenters. The molecule has 0 radical (unpaired) electrons. The summed E-state index contributed by atoms with van der Waals surface area (Å²) >= 11 is 1.79. The third-order valence-corrected chi connectivity index (χ3v) is 1.78. The largest absolute Gasteiger partial charge is 0.227 e.